The Labute approximate surface area is 132 Å². The van der Waals surface area contributed by atoms with E-state index in [2.05, 4.69) is 65.2 Å². The van der Waals surface area contributed by atoms with Gasteiger partial charge < -0.3 is 8.97 Å². The van der Waals surface area contributed by atoms with Crippen LogP contribution in [0.4, 0.5) is 0 Å². The number of benzene rings is 1. The van der Waals surface area contributed by atoms with Crippen molar-refractivity contribution in [1.29, 1.82) is 0 Å². The van der Waals surface area contributed by atoms with E-state index in [9.17, 15) is 0 Å². The Morgan fingerprint density at radius 2 is 1.29 bits per heavy atom. The average molecular weight is 293 g/mol. The lowest BCUT2D eigenvalue weighted by Crippen LogP contribution is -2.55. The Kier molecular flexibility index (Phi) is 7.41. The molecule has 1 atom stereocenters. The van der Waals surface area contributed by atoms with Gasteiger partial charge in [0.1, 0.15) is 13.1 Å². The molecule has 0 saturated heterocycles. The molecule has 0 fully saturated rings. The molecule has 0 aromatic heterocycles. The van der Waals surface area contributed by atoms with Crippen LogP contribution in [0.3, 0.4) is 0 Å². The van der Waals surface area contributed by atoms with Crippen LogP contribution in [0.25, 0.3) is 0 Å². The summed E-state index contributed by atoms with van der Waals surface area (Å²) in [6.45, 7) is 14.5. The highest BCUT2D eigenvalue weighted by molar-refractivity contribution is 5.14. The van der Waals surface area contributed by atoms with Crippen LogP contribution in [0.1, 0.15) is 32.8 Å². The number of rotatable bonds is 10. The molecule has 0 spiro atoms. The van der Waals surface area contributed by atoms with Gasteiger partial charge in [0.2, 0.25) is 0 Å². The van der Waals surface area contributed by atoms with Crippen molar-refractivity contribution in [3.8, 4) is 0 Å². The third-order valence-corrected chi connectivity index (χ3v) is 5.25. The van der Waals surface area contributed by atoms with Crippen molar-refractivity contribution in [1.82, 2.24) is 0 Å². The van der Waals surface area contributed by atoms with Crippen molar-refractivity contribution in [3.63, 3.8) is 0 Å². The molecule has 120 valence electrons. The van der Waals surface area contributed by atoms with Crippen molar-refractivity contribution >= 4 is 0 Å². The van der Waals surface area contributed by atoms with Gasteiger partial charge in [-0.1, -0.05) is 37.3 Å². The fraction of sp³-hybridized carbons (Fsp3) is 0.684. The molecule has 0 radical (unpaired) electrons. The molecule has 0 heterocycles. The molecule has 2 heteroatoms. The normalized spacial score (nSPS) is 14.9. The Morgan fingerprint density at radius 3 is 1.81 bits per heavy atom. The second-order valence-electron chi connectivity index (χ2n) is 7.00. The maximum absolute atomic E-state index is 2.45. The van der Waals surface area contributed by atoms with E-state index in [0.29, 0.717) is 0 Å². The second kappa shape index (κ2) is 8.55. The van der Waals surface area contributed by atoms with Crippen molar-refractivity contribution < 1.29 is 8.97 Å². The van der Waals surface area contributed by atoms with Gasteiger partial charge >= 0.3 is 0 Å². The molecular formula is C19H36N2+2. The largest absolute Gasteiger partial charge is 0.322 e. The van der Waals surface area contributed by atoms with E-state index < -0.39 is 0 Å². The van der Waals surface area contributed by atoms with E-state index in [-0.39, 0.29) is 0 Å². The third kappa shape index (κ3) is 6.19. The first-order chi connectivity index (χ1) is 9.97. The molecule has 1 aromatic carbocycles. The van der Waals surface area contributed by atoms with Crippen LogP contribution in [-0.4, -0.2) is 62.3 Å². The standard InChI is InChI=1S/C19H36N2/c1-6-15-21(5,18-17-20(4,7-2)8-3)16-14-19-12-10-9-11-13-19/h9-13H,6-8,14-18H2,1-5H3/q+2/t21-/m0/s1. The molecule has 0 unspecified atom stereocenters. The molecule has 0 aliphatic heterocycles. The van der Waals surface area contributed by atoms with E-state index in [0.717, 1.165) is 0 Å². The summed E-state index contributed by atoms with van der Waals surface area (Å²) in [5.74, 6) is 0. The quantitative estimate of drug-likeness (QED) is 0.578. The Balaban J connectivity index is 2.60. The van der Waals surface area contributed by atoms with E-state index in [1.807, 2.05) is 0 Å². The number of hydrogen-bond acceptors (Lipinski definition) is 0. The van der Waals surface area contributed by atoms with Crippen LogP contribution in [0, 0.1) is 0 Å². The molecule has 2 nitrogen and oxygen atoms in total. The molecule has 1 rings (SSSR count). The number of nitrogens with zero attached hydrogens (tertiary/aromatic N) is 2. The zero-order chi connectivity index (χ0) is 15.8. The first kappa shape index (κ1) is 18.2. The summed E-state index contributed by atoms with van der Waals surface area (Å²) in [5.41, 5.74) is 1.47. The SMILES string of the molecule is CCC[N@@+](C)(CCc1ccccc1)CC[N+](C)(CC)CC. The minimum Gasteiger partial charge on any atom is -0.322 e. The monoisotopic (exact) mass is 292 g/mol. The first-order valence-electron chi connectivity index (χ1n) is 8.68. The smallest absolute Gasteiger partial charge is 0.128 e. The predicted molar refractivity (Wildman–Crippen MR) is 93.4 cm³/mol. The van der Waals surface area contributed by atoms with Gasteiger partial charge in [0.05, 0.1) is 40.3 Å². The second-order valence-corrected chi connectivity index (χ2v) is 7.00. The Morgan fingerprint density at radius 1 is 0.714 bits per heavy atom. The molecule has 0 N–H and O–H groups in total. The van der Waals surface area contributed by atoms with Gasteiger partial charge in [0.15, 0.2) is 0 Å². The minimum absolute atomic E-state index is 1.19. The van der Waals surface area contributed by atoms with E-state index in [4.69, 9.17) is 0 Å². The summed E-state index contributed by atoms with van der Waals surface area (Å²) in [5, 5.41) is 0. The van der Waals surface area contributed by atoms with Crippen molar-refractivity contribution in [3.05, 3.63) is 35.9 Å². The van der Waals surface area contributed by atoms with Gasteiger partial charge in [-0.2, -0.15) is 0 Å². The molecule has 0 bridgehead atoms. The van der Waals surface area contributed by atoms with Crippen molar-refractivity contribution in [2.75, 3.05) is 53.4 Å². The summed E-state index contributed by atoms with van der Waals surface area (Å²) in [6, 6.07) is 10.9. The third-order valence-electron chi connectivity index (χ3n) is 5.25. The summed E-state index contributed by atoms with van der Waals surface area (Å²) in [6.07, 6.45) is 2.46. The van der Waals surface area contributed by atoms with Crippen LogP contribution in [0.15, 0.2) is 30.3 Å². The highest BCUT2D eigenvalue weighted by Gasteiger charge is 2.26. The number of hydrogen-bond donors (Lipinski definition) is 0. The minimum atomic E-state index is 1.19. The average Bonchev–Trinajstić information content (AvgIpc) is 2.52. The molecule has 0 saturated carbocycles. The van der Waals surface area contributed by atoms with Gasteiger partial charge in [-0.15, -0.1) is 0 Å². The molecule has 1 aromatic rings. The number of quaternary nitrogens is 2. The summed E-state index contributed by atoms with van der Waals surface area (Å²) < 4.78 is 2.40. The zero-order valence-electron chi connectivity index (χ0n) is 14.9. The lowest BCUT2D eigenvalue weighted by molar-refractivity contribution is -0.962. The van der Waals surface area contributed by atoms with Gasteiger partial charge in [-0.3, -0.25) is 0 Å². The summed E-state index contributed by atoms with van der Waals surface area (Å²) in [4.78, 5) is 0. The Bertz CT molecular complexity index is 384. The highest BCUT2D eigenvalue weighted by Crippen LogP contribution is 2.11. The molecular weight excluding hydrogens is 256 g/mol. The van der Waals surface area contributed by atoms with Gasteiger partial charge in [0, 0.05) is 6.42 Å². The molecule has 0 aliphatic rings. The summed E-state index contributed by atoms with van der Waals surface area (Å²) >= 11 is 0. The Hall–Kier alpha value is -0.860. The molecule has 0 aliphatic carbocycles. The van der Waals surface area contributed by atoms with Crippen molar-refractivity contribution in [2.45, 2.75) is 33.6 Å². The van der Waals surface area contributed by atoms with Crippen LogP contribution >= 0.6 is 0 Å². The maximum atomic E-state index is 2.45. The topological polar surface area (TPSA) is 0 Å². The van der Waals surface area contributed by atoms with Crippen molar-refractivity contribution in [2.24, 2.45) is 0 Å². The lowest BCUT2D eigenvalue weighted by atomic mass is 10.1. The number of likely N-dealkylation sites (N-methyl/N-ethyl adjacent to an activating group) is 2. The van der Waals surface area contributed by atoms with Crippen LogP contribution in [0.2, 0.25) is 0 Å². The molecule has 0 amide bonds. The van der Waals surface area contributed by atoms with E-state index >= 15 is 0 Å². The maximum Gasteiger partial charge on any atom is 0.128 e. The fourth-order valence-electron chi connectivity index (χ4n) is 2.94. The first-order valence-corrected chi connectivity index (χ1v) is 8.68. The predicted octanol–water partition coefficient (Wildman–Crippen LogP) is 3.57. The van der Waals surface area contributed by atoms with E-state index in [1.54, 1.807) is 0 Å². The van der Waals surface area contributed by atoms with Gasteiger partial charge in [-0.05, 0) is 25.8 Å². The zero-order valence-corrected chi connectivity index (χ0v) is 14.9. The highest BCUT2D eigenvalue weighted by atomic mass is 15.4. The van der Waals surface area contributed by atoms with Crippen LogP contribution in [0.5, 0.6) is 0 Å². The van der Waals surface area contributed by atoms with Gasteiger partial charge in [-0.25, -0.2) is 0 Å². The van der Waals surface area contributed by atoms with Gasteiger partial charge in [0.25, 0.3) is 0 Å². The molecule has 21 heavy (non-hydrogen) atoms. The van der Waals surface area contributed by atoms with E-state index in [1.165, 1.54) is 66.6 Å². The van der Waals surface area contributed by atoms with Crippen LogP contribution < -0.4 is 0 Å². The fourth-order valence-corrected chi connectivity index (χ4v) is 2.94. The van der Waals surface area contributed by atoms with Crippen LogP contribution in [-0.2, 0) is 6.42 Å². The summed E-state index contributed by atoms with van der Waals surface area (Å²) in [7, 11) is 4.84. The lowest BCUT2D eigenvalue weighted by Gasteiger charge is -2.39.